The SMILES string of the molecule is CCOC(=O)c1cnc(SC)nc1NCC(C)(C)C. The van der Waals surface area contributed by atoms with E-state index in [1.165, 1.54) is 18.0 Å². The third-order valence-electron chi connectivity index (χ3n) is 2.23. The van der Waals surface area contributed by atoms with Crippen molar-refractivity contribution < 1.29 is 9.53 Å². The molecule has 0 amide bonds. The van der Waals surface area contributed by atoms with E-state index in [0.717, 1.165) is 0 Å². The quantitative estimate of drug-likeness (QED) is 0.509. The van der Waals surface area contributed by atoms with E-state index >= 15 is 0 Å². The fraction of sp³-hybridized carbons (Fsp3) is 0.615. The van der Waals surface area contributed by atoms with Gasteiger partial charge in [0.05, 0.1) is 6.61 Å². The number of ether oxygens (including phenoxy) is 1. The second-order valence-corrected chi connectivity index (χ2v) is 6.03. The summed E-state index contributed by atoms with van der Waals surface area (Å²) < 4.78 is 5.01. The van der Waals surface area contributed by atoms with E-state index in [9.17, 15) is 4.79 Å². The minimum atomic E-state index is -0.397. The molecule has 0 spiro atoms. The van der Waals surface area contributed by atoms with Gasteiger partial charge in [0.15, 0.2) is 5.16 Å². The summed E-state index contributed by atoms with van der Waals surface area (Å²) in [5.41, 5.74) is 0.472. The van der Waals surface area contributed by atoms with Crippen molar-refractivity contribution in [3.05, 3.63) is 11.8 Å². The molecule has 0 bridgehead atoms. The molecule has 0 unspecified atom stereocenters. The summed E-state index contributed by atoms with van der Waals surface area (Å²) in [6.07, 6.45) is 3.41. The highest BCUT2D eigenvalue weighted by molar-refractivity contribution is 7.98. The zero-order valence-corrected chi connectivity index (χ0v) is 12.9. The van der Waals surface area contributed by atoms with Crippen LogP contribution in [-0.2, 0) is 4.74 Å². The van der Waals surface area contributed by atoms with E-state index in [-0.39, 0.29) is 5.41 Å². The second kappa shape index (κ2) is 6.75. The van der Waals surface area contributed by atoms with Gasteiger partial charge in [-0.2, -0.15) is 0 Å². The van der Waals surface area contributed by atoms with Crippen molar-refractivity contribution in [2.45, 2.75) is 32.9 Å². The van der Waals surface area contributed by atoms with Crippen molar-refractivity contribution in [1.82, 2.24) is 9.97 Å². The molecule has 1 aromatic heterocycles. The fourth-order valence-corrected chi connectivity index (χ4v) is 1.65. The Kier molecular flexibility index (Phi) is 5.60. The number of anilines is 1. The van der Waals surface area contributed by atoms with Crippen LogP contribution in [0.5, 0.6) is 0 Å². The number of hydrogen-bond acceptors (Lipinski definition) is 6. The van der Waals surface area contributed by atoms with E-state index in [1.807, 2.05) is 6.26 Å². The standard InChI is InChI=1S/C13H21N3O2S/c1-6-18-11(17)9-7-14-12(19-5)16-10(9)15-8-13(2,3)4/h7H,6,8H2,1-5H3,(H,14,15,16). The molecule has 0 aliphatic carbocycles. The molecular weight excluding hydrogens is 262 g/mol. The van der Waals surface area contributed by atoms with Crippen molar-refractivity contribution in [3.63, 3.8) is 0 Å². The second-order valence-electron chi connectivity index (χ2n) is 5.25. The van der Waals surface area contributed by atoms with E-state index in [1.54, 1.807) is 6.92 Å². The first-order chi connectivity index (χ1) is 8.87. The van der Waals surface area contributed by atoms with Gasteiger partial charge in [0, 0.05) is 12.7 Å². The maximum Gasteiger partial charge on any atom is 0.343 e. The maximum atomic E-state index is 11.8. The van der Waals surface area contributed by atoms with Crippen LogP contribution in [0, 0.1) is 5.41 Å². The number of nitrogens with one attached hydrogen (secondary N) is 1. The third kappa shape index (κ3) is 5.06. The van der Waals surface area contributed by atoms with Crippen LogP contribution in [0.4, 0.5) is 5.82 Å². The molecule has 0 atom stereocenters. The normalized spacial score (nSPS) is 11.2. The summed E-state index contributed by atoms with van der Waals surface area (Å²) in [5.74, 6) is 0.138. The highest BCUT2D eigenvalue weighted by atomic mass is 32.2. The van der Waals surface area contributed by atoms with Crippen LogP contribution in [-0.4, -0.2) is 35.3 Å². The lowest BCUT2D eigenvalue weighted by molar-refractivity contribution is 0.0526. The van der Waals surface area contributed by atoms with Gasteiger partial charge in [-0.25, -0.2) is 14.8 Å². The van der Waals surface area contributed by atoms with Gasteiger partial charge in [0.2, 0.25) is 0 Å². The number of hydrogen-bond donors (Lipinski definition) is 1. The molecule has 1 rings (SSSR count). The number of esters is 1. The zero-order valence-electron chi connectivity index (χ0n) is 12.1. The van der Waals surface area contributed by atoms with Crippen molar-refractivity contribution >= 4 is 23.5 Å². The predicted molar refractivity (Wildman–Crippen MR) is 77.7 cm³/mol. The fourth-order valence-electron chi connectivity index (χ4n) is 1.31. The van der Waals surface area contributed by atoms with Gasteiger partial charge in [-0.05, 0) is 18.6 Å². The monoisotopic (exact) mass is 283 g/mol. The molecule has 1 aromatic rings. The Morgan fingerprint density at radius 1 is 1.47 bits per heavy atom. The van der Waals surface area contributed by atoms with Crippen LogP contribution in [0.2, 0.25) is 0 Å². The van der Waals surface area contributed by atoms with Gasteiger partial charge in [-0.3, -0.25) is 0 Å². The minimum absolute atomic E-state index is 0.0937. The summed E-state index contributed by atoms with van der Waals surface area (Å²) >= 11 is 1.44. The molecule has 0 aromatic carbocycles. The molecular formula is C13H21N3O2S. The lowest BCUT2D eigenvalue weighted by Gasteiger charge is -2.20. The van der Waals surface area contributed by atoms with E-state index in [2.05, 4.69) is 36.1 Å². The average Bonchev–Trinajstić information content (AvgIpc) is 2.35. The third-order valence-corrected chi connectivity index (χ3v) is 2.79. The van der Waals surface area contributed by atoms with Crippen molar-refractivity contribution in [2.24, 2.45) is 5.41 Å². The van der Waals surface area contributed by atoms with Gasteiger partial charge in [-0.1, -0.05) is 32.5 Å². The lowest BCUT2D eigenvalue weighted by Crippen LogP contribution is -2.22. The van der Waals surface area contributed by atoms with Crippen LogP contribution in [0.1, 0.15) is 38.1 Å². The molecule has 0 saturated heterocycles. The number of nitrogens with zero attached hydrogens (tertiary/aromatic N) is 2. The number of aromatic nitrogens is 2. The number of rotatable bonds is 5. The van der Waals surface area contributed by atoms with Crippen LogP contribution < -0.4 is 5.32 Å². The largest absolute Gasteiger partial charge is 0.462 e. The van der Waals surface area contributed by atoms with E-state index in [4.69, 9.17) is 4.74 Å². The highest BCUT2D eigenvalue weighted by Crippen LogP contribution is 2.20. The Balaban J connectivity index is 2.99. The Bertz CT molecular complexity index is 444. The molecule has 0 fully saturated rings. The smallest absolute Gasteiger partial charge is 0.343 e. The summed E-state index contributed by atoms with van der Waals surface area (Å²) in [6.45, 7) is 9.16. The molecule has 5 nitrogen and oxygen atoms in total. The molecule has 0 aliphatic heterocycles. The molecule has 6 heteroatoms. The molecule has 1 N–H and O–H groups in total. The molecule has 0 saturated carbocycles. The molecule has 19 heavy (non-hydrogen) atoms. The van der Waals surface area contributed by atoms with E-state index < -0.39 is 5.97 Å². The maximum absolute atomic E-state index is 11.8. The Morgan fingerprint density at radius 3 is 2.68 bits per heavy atom. The van der Waals surface area contributed by atoms with Crippen molar-refractivity contribution in [1.29, 1.82) is 0 Å². The van der Waals surface area contributed by atoms with Crippen molar-refractivity contribution in [2.75, 3.05) is 24.7 Å². The van der Waals surface area contributed by atoms with Gasteiger partial charge < -0.3 is 10.1 Å². The van der Waals surface area contributed by atoms with E-state index in [0.29, 0.717) is 29.7 Å². The Labute approximate surface area is 118 Å². The number of carbonyl (C=O) groups excluding carboxylic acids is 1. The molecule has 0 radical (unpaired) electrons. The van der Waals surface area contributed by atoms with Crippen LogP contribution in [0.25, 0.3) is 0 Å². The Morgan fingerprint density at radius 2 is 2.16 bits per heavy atom. The minimum Gasteiger partial charge on any atom is -0.462 e. The van der Waals surface area contributed by atoms with Gasteiger partial charge in [0.25, 0.3) is 0 Å². The van der Waals surface area contributed by atoms with Crippen LogP contribution in [0.15, 0.2) is 11.4 Å². The van der Waals surface area contributed by atoms with Crippen molar-refractivity contribution in [3.8, 4) is 0 Å². The molecule has 0 aliphatic rings. The predicted octanol–water partition coefficient (Wildman–Crippen LogP) is 2.83. The summed E-state index contributed by atoms with van der Waals surface area (Å²) in [4.78, 5) is 20.3. The van der Waals surface area contributed by atoms with Gasteiger partial charge in [0.1, 0.15) is 11.4 Å². The Hall–Kier alpha value is -1.30. The summed E-state index contributed by atoms with van der Waals surface area (Å²) in [7, 11) is 0. The first kappa shape index (κ1) is 15.8. The van der Waals surface area contributed by atoms with Crippen LogP contribution >= 0.6 is 11.8 Å². The van der Waals surface area contributed by atoms with Gasteiger partial charge in [-0.15, -0.1) is 0 Å². The highest BCUT2D eigenvalue weighted by Gasteiger charge is 2.18. The summed E-state index contributed by atoms with van der Waals surface area (Å²) in [5, 5.41) is 3.83. The topological polar surface area (TPSA) is 64.1 Å². The molecule has 1 heterocycles. The average molecular weight is 283 g/mol. The zero-order chi connectivity index (χ0) is 14.5. The van der Waals surface area contributed by atoms with Gasteiger partial charge >= 0.3 is 5.97 Å². The number of thioether (sulfide) groups is 1. The molecule has 106 valence electrons. The summed E-state index contributed by atoms with van der Waals surface area (Å²) in [6, 6.07) is 0. The number of carbonyl (C=O) groups is 1. The first-order valence-corrected chi connectivity index (χ1v) is 7.42. The first-order valence-electron chi connectivity index (χ1n) is 6.19. The lowest BCUT2D eigenvalue weighted by atomic mass is 9.97. The van der Waals surface area contributed by atoms with Crippen LogP contribution in [0.3, 0.4) is 0 Å².